The van der Waals surface area contributed by atoms with Gasteiger partial charge < -0.3 is 38.8 Å². The van der Waals surface area contributed by atoms with Gasteiger partial charge in [-0.2, -0.15) is 0 Å². The summed E-state index contributed by atoms with van der Waals surface area (Å²) in [6.07, 6.45) is 0. The van der Waals surface area contributed by atoms with E-state index in [9.17, 15) is 9.90 Å². The number of likely N-dealkylation sites (N-methyl/N-ethyl adjacent to an activating group) is 1. The van der Waals surface area contributed by atoms with Crippen LogP contribution in [0.4, 0.5) is 5.69 Å². The molecule has 1 amide bonds. The van der Waals surface area contributed by atoms with Gasteiger partial charge in [0.05, 0.1) is 46.4 Å². The quantitative estimate of drug-likeness (QED) is 0.444. The molecule has 9 nitrogen and oxygen atoms in total. The van der Waals surface area contributed by atoms with Gasteiger partial charge in [0.2, 0.25) is 11.7 Å². The molecule has 1 aliphatic rings. The molecule has 202 valence electrons. The van der Waals surface area contributed by atoms with Gasteiger partial charge in [0, 0.05) is 38.3 Å². The average Bonchev–Trinajstić information content (AvgIpc) is 2.93. The minimum absolute atomic E-state index is 0.000865. The number of carbonyl (C=O) groups excluding carboxylic acids is 1. The number of aromatic hydroxyl groups is 1. The monoisotopic (exact) mass is 549 g/mol. The molecule has 0 radical (unpaired) electrons. The predicted octanol–water partition coefficient (Wildman–Crippen LogP) is 3.62. The van der Waals surface area contributed by atoms with E-state index in [-0.39, 0.29) is 24.0 Å². The third-order valence-electron chi connectivity index (χ3n) is 6.24. The molecule has 0 unspecified atom stereocenters. The molecule has 0 spiro atoms. The zero-order valence-corrected chi connectivity index (χ0v) is 23.6. The highest BCUT2D eigenvalue weighted by Crippen LogP contribution is 2.41. The van der Waals surface area contributed by atoms with Crippen molar-refractivity contribution in [3.63, 3.8) is 0 Å². The maximum absolute atomic E-state index is 13.6. The lowest BCUT2D eigenvalue weighted by atomic mass is 10.1. The first-order valence-corrected chi connectivity index (χ1v) is 13.3. The highest BCUT2D eigenvalue weighted by Gasteiger charge is 2.24. The van der Waals surface area contributed by atoms with Crippen molar-refractivity contribution < 1.29 is 28.8 Å². The van der Waals surface area contributed by atoms with Gasteiger partial charge in [0.15, 0.2) is 23.0 Å². The molecule has 1 aliphatic heterocycles. The number of phenols is 1. The second kappa shape index (κ2) is 13.6. The number of amides is 1. The van der Waals surface area contributed by atoms with Crippen molar-refractivity contribution >= 4 is 39.9 Å². The second-order valence-corrected chi connectivity index (χ2v) is 9.95. The fraction of sp³-hybridized carbons (Fsp3) is 0.462. The number of ether oxygens (including phenoxy) is 4. The molecule has 1 N–H and O–H groups in total. The Morgan fingerprint density at radius 1 is 0.973 bits per heavy atom. The summed E-state index contributed by atoms with van der Waals surface area (Å²) in [5.41, 5.74) is 1.29. The molecule has 2 aromatic rings. The summed E-state index contributed by atoms with van der Waals surface area (Å²) in [5.74, 6) is 1.67. The van der Waals surface area contributed by atoms with Gasteiger partial charge in [-0.1, -0.05) is 37.0 Å². The minimum atomic E-state index is -0.149. The summed E-state index contributed by atoms with van der Waals surface area (Å²) in [4.78, 5) is 19.8. The SMILES string of the molecule is CCN1CCN(C(=S)SCC(=O)N(Cc2ccc(OC)c(O)c2)c2cc(OC)c(OC)c(OC)c2)CC1. The lowest BCUT2D eigenvalue weighted by Gasteiger charge is -2.35. The number of phenolic OH excluding ortho intramolecular Hbond substituents is 1. The molecule has 0 aliphatic carbocycles. The lowest BCUT2D eigenvalue weighted by Crippen LogP contribution is -2.47. The topological polar surface area (TPSA) is 83.9 Å². The molecule has 0 aromatic heterocycles. The van der Waals surface area contributed by atoms with Crippen LogP contribution in [0, 0.1) is 0 Å². The van der Waals surface area contributed by atoms with Gasteiger partial charge in [0.25, 0.3) is 0 Å². The van der Waals surface area contributed by atoms with Crippen LogP contribution >= 0.6 is 24.0 Å². The maximum Gasteiger partial charge on any atom is 0.237 e. The molecule has 0 atom stereocenters. The Balaban J connectivity index is 1.85. The predicted molar refractivity (Wildman–Crippen MR) is 151 cm³/mol. The van der Waals surface area contributed by atoms with Gasteiger partial charge in [0.1, 0.15) is 4.32 Å². The van der Waals surface area contributed by atoms with Crippen LogP contribution in [0.1, 0.15) is 12.5 Å². The largest absolute Gasteiger partial charge is 0.504 e. The van der Waals surface area contributed by atoms with E-state index in [0.717, 1.165) is 42.6 Å². The first-order chi connectivity index (χ1) is 17.8. The number of rotatable bonds is 10. The zero-order valence-electron chi connectivity index (χ0n) is 22.0. The van der Waals surface area contributed by atoms with Crippen LogP contribution in [0.15, 0.2) is 30.3 Å². The van der Waals surface area contributed by atoms with Crippen molar-refractivity contribution in [3.8, 4) is 28.7 Å². The van der Waals surface area contributed by atoms with Gasteiger partial charge in [-0.25, -0.2) is 0 Å². The number of nitrogens with zero attached hydrogens (tertiary/aromatic N) is 3. The Morgan fingerprint density at radius 2 is 1.59 bits per heavy atom. The summed E-state index contributed by atoms with van der Waals surface area (Å²) in [6, 6.07) is 8.53. The number of benzene rings is 2. The van der Waals surface area contributed by atoms with Crippen molar-refractivity contribution in [3.05, 3.63) is 35.9 Å². The number of carbonyl (C=O) groups is 1. The van der Waals surface area contributed by atoms with E-state index in [0.29, 0.717) is 28.7 Å². The summed E-state index contributed by atoms with van der Waals surface area (Å²) in [7, 11) is 6.08. The molecular weight excluding hydrogens is 514 g/mol. The Morgan fingerprint density at radius 3 is 2.11 bits per heavy atom. The second-order valence-electron chi connectivity index (χ2n) is 8.35. The van der Waals surface area contributed by atoms with Crippen LogP contribution in [0.3, 0.4) is 0 Å². The number of thiocarbonyl (C=S) groups is 1. The maximum atomic E-state index is 13.6. The van der Waals surface area contributed by atoms with Crippen molar-refractivity contribution in [2.45, 2.75) is 13.5 Å². The molecule has 11 heteroatoms. The Bertz CT molecular complexity index is 1070. The Kier molecular flexibility index (Phi) is 10.5. The third-order valence-corrected chi connectivity index (χ3v) is 7.75. The number of piperazine rings is 1. The van der Waals surface area contributed by atoms with Crippen LogP contribution < -0.4 is 23.8 Å². The van der Waals surface area contributed by atoms with E-state index in [1.807, 2.05) is 6.07 Å². The first-order valence-electron chi connectivity index (χ1n) is 11.9. The van der Waals surface area contributed by atoms with Gasteiger partial charge in [-0.05, 0) is 24.2 Å². The molecular formula is C26H35N3O6S2. The first kappa shape index (κ1) is 28.7. The highest BCUT2D eigenvalue weighted by atomic mass is 32.2. The van der Waals surface area contributed by atoms with Gasteiger partial charge in [-0.3, -0.25) is 4.79 Å². The molecule has 1 saturated heterocycles. The van der Waals surface area contributed by atoms with Crippen LogP contribution in [0.5, 0.6) is 28.7 Å². The smallest absolute Gasteiger partial charge is 0.237 e. The summed E-state index contributed by atoms with van der Waals surface area (Å²) < 4.78 is 22.3. The Labute approximate surface area is 228 Å². The molecule has 2 aromatic carbocycles. The van der Waals surface area contributed by atoms with E-state index in [1.165, 1.54) is 40.2 Å². The van der Waals surface area contributed by atoms with Crippen LogP contribution in [0.2, 0.25) is 0 Å². The number of hydrogen-bond donors (Lipinski definition) is 1. The minimum Gasteiger partial charge on any atom is -0.504 e. The summed E-state index contributed by atoms with van der Waals surface area (Å²) in [5, 5.41) is 10.3. The van der Waals surface area contributed by atoms with E-state index in [2.05, 4.69) is 16.7 Å². The number of methoxy groups -OCH3 is 4. The number of thioether (sulfide) groups is 1. The molecule has 0 bridgehead atoms. The van der Waals surface area contributed by atoms with E-state index in [1.54, 1.807) is 29.2 Å². The number of anilines is 1. The fourth-order valence-corrected chi connectivity index (χ4v) is 5.23. The highest BCUT2D eigenvalue weighted by molar-refractivity contribution is 8.23. The van der Waals surface area contributed by atoms with Crippen LogP contribution in [0.25, 0.3) is 0 Å². The standard InChI is InChI=1S/C26H35N3O6S2/c1-6-27-9-11-28(12-10-27)26(36)37-17-24(31)29(16-18-7-8-21(32-2)20(30)13-18)19-14-22(33-3)25(35-5)23(15-19)34-4/h7-8,13-15,30H,6,9-12,16-17H2,1-5H3. The van der Waals surface area contributed by atoms with Crippen molar-refractivity contribution in [1.82, 2.24) is 9.80 Å². The zero-order chi connectivity index (χ0) is 26.9. The van der Waals surface area contributed by atoms with E-state index < -0.39 is 0 Å². The van der Waals surface area contributed by atoms with Crippen LogP contribution in [-0.2, 0) is 11.3 Å². The van der Waals surface area contributed by atoms with Crippen LogP contribution in [-0.4, -0.2) is 92.0 Å². The van der Waals surface area contributed by atoms with E-state index in [4.69, 9.17) is 31.2 Å². The fourth-order valence-electron chi connectivity index (χ4n) is 4.10. The molecule has 1 fully saturated rings. The molecule has 37 heavy (non-hydrogen) atoms. The summed E-state index contributed by atoms with van der Waals surface area (Å²) >= 11 is 7.01. The normalized spacial score (nSPS) is 13.7. The summed E-state index contributed by atoms with van der Waals surface area (Å²) in [6.45, 7) is 7.02. The van der Waals surface area contributed by atoms with Gasteiger partial charge >= 0.3 is 0 Å². The third kappa shape index (κ3) is 7.12. The lowest BCUT2D eigenvalue weighted by molar-refractivity contribution is -0.116. The molecule has 3 rings (SSSR count). The Hall–Kier alpha value is -2.89. The van der Waals surface area contributed by atoms with Gasteiger partial charge in [-0.15, -0.1) is 0 Å². The molecule has 1 heterocycles. The van der Waals surface area contributed by atoms with Crippen molar-refractivity contribution in [2.75, 3.05) is 71.8 Å². The molecule has 0 saturated carbocycles. The average molecular weight is 550 g/mol. The van der Waals surface area contributed by atoms with E-state index >= 15 is 0 Å². The van der Waals surface area contributed by atoms with Crippen molar-refractivity contribution in [2.24, 2.45) is 0 Å². The number of hydrogen-bond acceptors (Lipinski definition) is 9. The van der Waals surface area contributed by atoms with Crippen molar-refractivity contribution in [1.29, 1.82) is 0 Å².